The highest BCUT2D eigenvalue weighted by Gasteiger charge is 2.34. The molecule has 0 aliphatic heterocycles. The molecule has 0 radical (unpaired) electrons. The number of hydrogen-bond donors (Lipinski definition) is 5. The third-order valence-electron chi connectivity index (χ3n) is 5.38. The lowest BCUT2D eigenvalue weighted by Gasteiger charge is -2.34. The van der Waals surface area contributed by atoms with Gasteiger partial charge in [-0.1, -0.05) is 60.7 Å². The van der Waals surface area contributed by atoms with Gasteiger partial charge >= 0.3 is 5.97 Å². The van der Waals surface area contributed by atoms with Gasteiger partial charge in [-0.15, -0.1) is 0 Å². The molecule has 0 spiro atoms. The van der Waals surface area contributed by atoms with Crippen LogP contribution in [0.15, 0.2) is 65.7 Å². The number of aliphatic imine (C=N–C) groups is 1. The maximum absolute atomic E-state index is 14.1. The Kier molecular flexibility index (Phi) is 11.2. The first-order chi connectivity index (χ1) is 16.8. The van der Waals surface area contributed by atoms with Crippen LogP contribution >= 0.6 is 0 Å². The molecule has 10 nitrogen and oxygen atoms in total. The second-order valence-corrected chi connectivity index (χ2v) is 7.94. The van der Waals surface area contributed by atoms with E-state index in [9.17, 15) is 19.5 Å². The summed E-state index contributed by atoms with van der Waals surface area (Å²) in [6.07, 6.45) is 0.835. The van der Waals surface area contributed by atoms with Gasteiger partial charge in [-0.3, -0.25) is 19.4 Å². The number of aliphatic hydroxyl groups excluding tert-OH is 1. The third-order valence-corrected chi connectivity index (χ3v) is 5.38. The highest BCUT2D eigenvalue weighted by molar-refractivity contribution is 5.93. The van der Waals surface area contributed by atoms with Crippen LogP contribution in [0.2, 0.25) is 0 Å². The molecule has 2 aromatic carbocycles. The molecule has 7 N–H and O–H groups in total. The Balaban J connectivity index is 2.45. The van der Waals surface area contributed by atoms with Crippen molar-refractivity contribution in [3.8, 4) is 0 Å². The van der Waals surface area contributed by atoms with Crippen molar-refractivity contribution in [2.45, 2.75) is 31.2 Å². The quantitative estimate of drug-likeness (QED) is 0.149. The number of benzene rings is 2. The van der Waals surface area contributed by atoms with Gasteiger partial charge in [-0.2, -0.15) is 0 Å². The smallest absolute Gasteiger partial charge is 0.322 e. The van der Waals surface area contributed by atoms with Crippen LogP contribution in [0.4, 0.5) is 0 Å². The Bertz CT molecular complexity index is 941. The van der Waals surface area contributed by atoms with Crippen LogP contribution in [0.1, 0.15) is 36.3 Å². The second-order valence-electron chi connectivity index (χ2n) is 7.94. The minimum absolute atomic E-state index is 0.0849. The van der Waals surface area contributed by atoms with Gasteiger partial charge in [0.15, 0.2) is 5.96 Å². The van der Waals surface area contributed by atoms with Gasteiger partial charge in [-0.05, 0) is 30.4 Å². The van der Waals surface area contributed by atoms with E-state index in [0.29, 0.717) is 6.42 Å². The number of amides is 2. The fraction of sp³-hybridized carbons (Fsp3) is 0.360. The number of aliphatic hydroxyl groups is 1. The number of rotatable bonds is 14. The highest BCUT2D eigenvalue weighted by Crippen LogP contribution is 2.28. The Morgan fingerprint density at radius 2 is 1.51 bits per heavy atom. The van der Waals surface area contributed by atoms with Crippen LogP contribution in [0.5, 0.6) is 0 Å². The summed E-state index contributed by atoms with van der Waals surface area (Å²) in [5.74, 6) is -2.89. The Morgan fingerprint density at radius 3 is 2.00 bits per heavy atom. The first-order valence-corrected chi connectivity index (χ1v) is 11.4. The molecule has 2 rings (SSSR count). The number of carbonyl (C=O) groups is 3. The van der Waals surface area contributed by atoms with E-state index in [0.717, 1.165) is 11.1 Å². The average Bonchev–Trinajstić information content (AvgIpc) is 2.85. The Hall–Kier alpha value is -3.92. The van der Waals surface area contributed by atoms with Crippen molar-refractivity contribution in [2.24, 2.45) is 16.5 Å². The summed E-state index contributed by atoms with van der Waals surface area (Å²) < 4.78 is 0. The Morgan fingerprint density at radius 1 is 0.943 bits per heavy atom. The molecule has 0 saturated heterocycles. The van der Waals surface area contributed by atoms with Crippen molar-refractivity contribution in [1.82, 2.24) is 10.2 Å². The van der Waals surface area contributed by atoms with E-state index < -0.39 is 30.4 Å². The number of nitrogens with zero attached hydrogens (tertiary/aromatic N) is 2. The van der Waals surface area contributed by atoms with Gasteiger partial charge in [0.25, 0.3) is 0 Å². The number of carbonyl (C=O) groups excluding carboxylic acids is 2. The number of carboxylic acids is 1. The van der Waals surface area contributed by atoms with Gasteiger partial charge in [0, 0.05) is 19.7 Å². The zero-order valence-electron chi connectivity index (χ0n) is 19.5. The topological polar surface area (TPSA) is 171 Å². The summed E-state index contributed by atoms with van der Waals surface area (Å²) >= 11 is 0. The number of nitrogens with one attached hydrogen (secondary N) is 1. The van der Waals surface area contributed by atoms with Crippen LogP contribution in [0.25, 0.3) is 0 Å². The molecule has 0 bridgehead atoms. The molecule has 0 saturated carbocycles. The second kappa shape index (κ2) is 14.4. The summed E-state index contributed by atoms with van der Waals surface area (Å²) in [6, 6.07) is 17.5. The molecule has 0 aliphatic carbocycles. The molecule has 10 heteroatoms. The monoisotopic (exact) mass is 483 g/mol. The lowest BCUT2D eigenvalue weighted by Crippen LogP contribution is -2.52. The largest absolute Gasteiger partial charge is 0.480 e. The van der Waals surface area contributed by atoms with Gasteiger partial charge in [-0.25, -0.2) is 0 Å². The molecule has 0 aliphatic rings. The van der Waals surface area contributed by atoms with E-state index in [1.54, 1.807) is 0 Å². The standard InChI is InChI=1S/C25H33N5O5/c26-25(27)28-14-7-13-20(23(34)29-17-21(32)33)30(15-8-16-31)24(35)22(18-9-3-1-4-10-18)19-11-5-2-6-12-19/h1-6,9-12,20,22,31H,7-8,13-17H2,(H,29,34)(H,32,33)(H4,26,27,28)/t20-/m1/s1. The van der Waals surface area contributed by atoms with Crippen LogP contribution < -0.4 is 16.8 Å². The molecule has 0 fully saturated rings. The summed E-state index contributed by atoms with van der Waals surface area (Å²) in [5.41, 5.74) is 12.3. The van der Waals surface area contributed by atoms with E-state index >= 15 is 0 Å². The van der Waals surface area contributed by atoms with E-state index in [-0.39, 0.29) is 44.4 Å². The van der Waals surface area contributed by atoms with Crippen molar-refractivity contribution >= 4 is 23.7 Å². The van der Waals surface area contributed by atoms with Crippen LogP contribution in [-0.4, -0.2) is 71.1 Å². The summed E-state index contributed by atoms with van der Waals surface area (Å²) in [4.78, 5) is 43.5. The van der Waals surface area contributed by atoms with E-state index in [1.807, 2.05) is 60.7 Å². The van der Waals surface area contributed by atoms with Crippen LogP contribution in [0, 0.1) is 0 Å². The predicted molar refractivity (Wildman–Crippen MR) is 132 cm³/mol. The van der Waals surface area contributed by atoms with Gasteiger partial charge in [0.1, 0.15) is 12.6 Å². The summed E-state index contributed by atoms with van der Waals surface area (Å²) in [6.45, 7) is -0.401. The van der Waals surface area contributed by atoms with Crippen molar-refractivity contribution in [3.63, 3.8) is 0 Å². The predicted octanol–water partition coefficient (Wildman–Crippen LogP) is 0.653. The molecule has 2 amide bonds. The van der Waals surface area contributed by atoms with Crippen LogP contribution in [0.3, 0.4) is 0 Å². The molecular formula is C25H33N5O5. The fourth-order valence-corrected chi connectivity index (χ4v) is 3.80. The summed E-state index contributed by atoms with van der Waals surface area (Å²) in [5, 5.41) is 20.9. The van der Waals surface area contributed by atoms with Crippen molar-refractivity contribution in [3.05, 3.63) is 71.8 Å². The first-order valence-electron chi connectivity index (χ1n) is 11.4. The first kappa shape index (κ1) is 27.3. The maximum atomic E-state index is 14.1. The maximum Gasteiger partial charge on any atom is 0.322 e. The van der Waals surface area contributed by atoms with E-state index in [1.165, 1.54) is 4.90 Å². The van der Waals surface area contributed by atoms with Crippen molar-refractivity contribution < 1.29 is 24.6 Å². The number of aliphatic carboxylic acids is 1. The molecule has 0 unspecified atom stereocenters. The van der Waals surface area contributed by atoms with Crippen LogP contribution in [-0.2, 0) is 14.4 Å². The zero-order chi connectivity index (χ0) is 25.6. The van der Waals surface area contributed by atoms with Gasteiger partial charge < -0.3 is 31.9 Å². The highest BCUT2D eigenvalue weighted by atomic mass is 16.4. The minimum atomic E-state index is -1.20. The van der Waals surface area contributed by atoms with E-state index in [4.69, 9.17) is 16.6 Å². The minimum Gasteiger partial charge on any atom is -0.480 e. The molecule has 35 heavy (non-hydrogen) atoms. The number of hydrogen-bond acceptors (Lipinski definition) is 5. The van der Waals surface area contributed by atoms with E-state index in [2.05, 4.69) is 10.3 Å². The molecule has 1 atom stereocenters. The SMILES string of the molecule is NC(N)=NCCC[C@H](C(=O)NCC(=O)O)N(CCCO)C(=O)C(c1ccccc1)c1ccccc1. The number of carboxylic acid groups (broad SMARTS) is 1. The third kappa shape index (κ3) is 8.74. The van der Waals surface area contributed by atoms with Crippen molar-refractivity contribution in [2.75, 3.05) is 26.2 Å². The lowest BCUT2D eigenvalue weighted by molar-refractivity contribution is -0.143. The van der Waals surface area contributed by atoms with Gasteiger partial charge in [0.2, 0.25) is 11.8 Å². The molecule has 188 valence electrons. The number of nitrogens with two attached hydrogens (primary N) is 2. The summed E-state index contributed by atoms with van der Waals surface area (Å²) in [7, 11) is 0. The number of guanidine groups is 1. The van der Waals surface area contributed by atoms with Crippen molar-refractivity contribution in [1.29, 1.82) is 0 Å². The molecular weight excluding hydrogens is 450 g/mol. The fourth-order valence-electron chi connectivity index (χ4n) is 3.80. The molecule has 2 aromatic rings. The molecule has 0 aromatic heterocycles. The zero-order valence-corrected chi connectivity index (χ0v) is 19.5. The average molecular weight is 484 g/mol. The Labute approximate surface area is 204 Å². The van der Waals surface area contributed by atoms with Gasteiger partial charge in [0.05, 0.1) is 5.92 Å². The normalized spacial score (nSPS) is 11.5. The lowest BCUT2D eigenvalue weighted by atomic mass is 9.89. The molecule has 0 heterocycles.